The van der Waals surface area contributed by atoms with E-state index in [1.165, 1.54) is 31.4 Å². The Hall–Kier alpha value is -1.82. The van der Waals surface area contributed by atoms with Crippen molar-refractivity contribution in [2.75, 3.05) is 7.11 Å². The molecular formula is C15H12Cl2NO4. The van der Waals surface area contributed by atoms with Crippen molar-refractivity contribution < 1.29 is 14.8 Å². The van der Waals surface area contributed by atoms with Gasteiger partial charge in [-0.05, 0) is 36.8 Å². The quantitative estimate of drug-likeness (QED) is 0.641. The number of methoxy groups -OCH3 is 1. The summed E-state index contributed by atoms with van der Waals surface area (Å²) in [4.78, 5) is 10.9. The maximum Gasteiger partial charge on any atom is 0.283 e. The smallest absolute Gasteiger partial charge is 0.283 e. The van der Waals surface area contributed by atoms with E-state index in [0.29, 0.717) is 10.6 Å². The summed E-state index contributed by atoms with van der Waals surface area (Å²) in [6.45, 7) is 3.69. The van der Waals surface area contributed by atoms with Crippen LogP contribution in [0.3, 0.4) is 0 Å². The molecular weight excluding hydrogens is 329 g/mol. The molecule has 1 N–H and O–H groups in total. The van der Waals surface area contributed by atoms with Crippen molar-refractivity contribution in [3.63, 3.8) is 0 Å². The minimum atomic E-state index is -0.797. The third-order valence-electron chi connectivity index (χ3n) is 3.17. The number of aromatic hydroxyl groups is 1. The van der Waals surface area contributed by atoms with Crippen LogP contribution in [0.4, 0.5) is 5.69 Å². The van der Waals surface area contributed by atoms with Gasteiger partial charge in [0.1, 0.15) is 5.75 Å². The highest BCUT2D eigenvalue weighted by Gasteiger charge is 2.26. The van der Waals surface area contributed by atoms with E-state index in [-0.39, 0.29) is 27.6 Å². The first kappa shape index (κ1) is 16.5. The molecule has 0 aliphatic rings. The number of nitro benzene ring substituents is 1. The molecule has 1 atom stereocenters. The number of nitro groups is 1. The topological polar surface area (TPSA) is 72.6 Å². The molecule has 0 aliphatic carbocycles. The fourth-order valence-corrected chi connectivity index (χ4v) is 2.40. The number of phenols is 1. The van der Waals surface area contributed by atoms with Crippen LogP contribution in [0.25, 0.3) is 11.1 Å². The van der Waals surface area contributed by atoms with Crippen molar-refractivity contribution in [2.24, 2.45) is 0 Å². The first-order valence-electron chi connectivity index (χ1n) is 6.17. The minimum absolute atomic E-state index is 0.132. The molecule has 2 rings (SSSR count). The first-order valence-corrected chi connectivity index (χ1v) is 6.93. The summed E-state index contributed by atoms with van der Waals surface area (Å²) in [7, 11) is 1.38. The van der Waals surface area contributed by atoms with Crippen molar-refractivity contribution in [2.45, 2.75) is 6.10 Å². The average molecular weight is 341 g/mol. The Bertz CT molecular complexity index is 734. The molecule has 0 fully saturated rings. The van der Waals surface area contributed by atoms with E-state index >= 15 is 0 Å². The molecule has 0 heterocycles. The maximum atomic E-state index is 11.5. The number of benzene rings is 2. The Labute approximate surface area is 137 Å². The molecule has 0 saturated heterocycles. The van der Waals surface area contributed by atoms with Crippen molar-refractivity contribution in [3.8, 4) is 16.9 Å². The number of nitrogens with zero attached hydrogens (tertiary/aromatic N) is 1. The summed E-state index contributed by atoms with van der Waals surface area (Å²) in [5.74, 6) is -0.132. The van der Waals surface area contributed by atoms with Crippen LogP contribution in [-0.4, -0.2) is 17.1 Å². The number of ether oxygens (including phenoxy) is 1. The molecule has 0 spiro atoms. The number of phenolic OH excluding ortho intramolecular Hbond substituents is 1. The van der Waals surface area contributed by atoms with Gasteiger partial charge >= 0.3 is 0 Å². The molecule has 1 unspecified atom stereocenters. The molecule has 1 radical (unpaired) electrons. The van der Waals surface area contributed by atoms with Gasteiger partial charge in [0.2, 0.25) is 0 Å². The molecule has 2 aromatic carbocycles. The standard InChI is InChI=1S/C15H12Cl2NO4/c1-8(22-2)11-6-10(19)7-12(15(11)18(20)21)9-3-4-13(16)14(17)5-9/h3-8,19H,1H2,2H3. The van der Waals surface area contributed by atoms with E-state index in [1.54, 1.807) is 6.07 Å². The Morgan fingerprint density at radius 1 is 1.27 bits per heavy atom. The molecule has 115 valence electrons. The van der Waals surface area contributed by atoms with Gasteiger partial charge in [-0.1, -0.05) is 29.3 Å². The van der Waals surface area contributed by atoms with E-state index in [4.69, 9.17) is 27.9 Å². The second kappa shape index (κ2) is 6.52. The second-order valence-electron chi connectivity index (χ2n) is 4.54. The predicted octanol–water partition coefficient (Wildman–Crippen LogP) is 4.80. The maximum absolute atomic E-state index is 11.5. The Morgan fingerprint density at radius 3 is 2.50 bits per heavy atom. The van der Waals surface area contributed by atoms with Crippen molar-refractivity contribution in [3.05, 3.63) is 63.0 Å². The van der Waals surface area contributed by atoms with Gasteiger partial charge in [0.15, 0.2) is 0 Å². The van der Waals surface area contributed by atoms with Gasteiger partial charge in [-0.2, -0.15) is 0 Å². The van der Waals surface area contributed by atoms with Gasteiger partial charge < -0.3 is 9.84 Å². The van der Waals surface area contributed by atoms with Crippen molar-refractivity contribution in [1.82, 2.24) is 0 Å². The molecule has 0 saturated carbocycles. The van der Waals surface area contributed by atoms with E-state index in [2.05, 4.69) is 6.92 Å². The SMILES string of the molecule is [CH2]C(OC)c1cc(O)cc(-c2ccc(Cl)c(Cl)c2)c1[N+](=O)[O-]. The number of hydrogen-bond acceptors (Lipinski definition) is 4. The number of halogens is 2. The van der Waals surface area contributed by atoms with Crippen LogP contribution in [0.15, 0.2) is 30.3 Å². The van der Waals surface area contributed by atoms with Crippen LogP contribution in [0.5, 0.6) is 5.75 Å². The van der Waals surface area contributed by atoms with E-state index in [9.17, 15) is 15.2 Å². The predicted molar refractivity (Wildman–Crippen MR) is 85.3 cm³/mol. The zero-order valence-electron chi connectivity index (χ0n) is 11.5. The average Bonchev–Trinajstić information content (AvgIpc) is 2.47. The highest BCUT2D eigenvalue weighted by atomic mass is 35.5. The van der Waals surface area contributed by atoms with Crippen LogP contribution < -0.4 is 0 Å². The fourth-order valence-electron chi connectivity index (χ4n) is 2.10. The number of rotatable bonds is 4. The molecule has 0 amide bonds. The lowest BCUT2D eigenvalue weighted by Gasteiger charge is -2.14. The van der Waals surface area contributed by atoms with Gasteiger partial charge in [0.05, 0.1) is 32.2 Å². The van der Waals surface area contributed by atoms with Gasteiger partial charge in [-0.3, -0.25) is 10.1 Å². The largest absolute Gasteiger partial charge is 0.508 e. The molecule has 22 heavy (non-hydrogen) atoms. The zero-order chi connectivity index (χ0) is 16.4. The first-order chi connectivity index (χ1) is 10.3. The van der Waals surface area contributed by atoms with E-state index < -0.39 is 11.0 Å². The Balaban J connectivity index is 2.76. The summed E-state index contributed by atoms with van der Waals surface area (Å²) < 4.78 is 5.04. The second-order valence-corrected chi connectivity index (χ2v) is 5.36. The lowest BCUT2D eigenvalue weighted by atomic mass is 9.97. The summed E-state index contributed by atoms with van der Waals surface area (Å²) in [5, 5.41) is 21.9. The molecule has 0 bridgehead atoms. The lowest BCUT2D eigenvalue weighted by molar-refractivity contribution is -0.385. The van der Waals surface area contributed by atoms with E-state index in [0.717, 1.165) is 0 Å². The minimum Gasteiger partial charge on any atom is -0.508 e. The third kappa shape index (κ3) is 3.16. The Morgan fingerprint density at radius 2 is 1.95 bits per heavy atom. The summed E-state index contributed by atoms with van der Waals surface area (Å²) in [5.41, 5.74) is 0.650. The summed E-state index contributed by atoms with van der Waals surface area (Å²) >= 11 is 11.8. The van der Waals surface area contributed by atoms with Crippen LogP contribution in [0, 0.1) is 17.0 Å². The Kier molecular flexibility index (Phi) is 4.90. The number of hydrogen-bond donors (Lipinski definition) is 1. The third-order valence-corrected chi connectivity index (χ3v) is 3.91. The highest BCUT2D eigenvalue weighted by Crippen LogP contribution is 2.41. The molecule has 2 aromatic rings. The van der Waals surface area contributed by atoms with Crippen LogP contribution >= 0.6 is 23.2 Å². The zero-order valence-corrected chi connectivity index (χ0v) is 13.1. The fraction of sp³-hybridized carbons (Fsp3) is 0.133. The van der Waals surface area contributed by atoms with Crippen LogP contribution in [0.1, 0.15) is 11.7 Å². The van der Waals surface area contributed by atoms with Gasteiger partial charge in [0, 0.05) is 7.11 Å². The lowest BCUT2D eigenvalue weighted by Crippen LogP contribution is -2.03. The van der Waals surface area contributed by atoms with Gasteiger partial charge in [-0.15, -0.1) is 0 Å². The van der Waals surface area contributed by atoms with E-state index in [1.807, 2.05) is 0 Å². The molecule has 7 heteroatoms. The normalized spacial score (nSPS) is 12.2. The van der Waals surface area contributed by atoms with Crippen molar-refractivity contribution in [1.29, 1.82) is 0 Å². The van der Waals surface area contributed by atoms with Crippen LogP contribution in [-0.2, 0) is 4.74 Å². The van der Waals surface area contributed by atoms with Gasteiger partial charge in [0.25, 0.3) is 5.69 Å². The monoisotopic (exact) mass is 340 g/mol. The summed E-state index contributed by atoms with van der Waals surface area (Å²) in [6, 6.07) is 7.18. The highest BCUT2D eigenvalue weighted by molar-refractivity contribution is 6.42. The van der Waals surface area contributed by atoms with Crippen molar-refractivity contribution >= 4 is 28.9 Å². The molecule has 0 aromatic heterocycles. The summed E-state index contributed by atoms with van der Waals surface area (Å²) in [6.07, 6.45) is -0.797. The molecule has 0 aliphatic heterocycles. The van der Waals surface area contributed by atoms with Gasteiger partial charge in [-0.25, -0.2) is 0 Å². The van der Waals surface area contributed by atoms with Crippen LogP contribution in [0.2, 0.25) is 10.0 Å². The molecule has 5 nitrogen and oxygen atoms in total.